The van der Waals surface area contributed by atoms with Crippen LogP contribution >= 0.6 is 39.0 Å². The van der Waals surface area contributed by atoms with Crippen LogP contribution in [0.25, 0.3) is 0 Å². The second-order valence-corrected chi connectivity index (χ2v) is 10.5. The van der Waals surface area contributed by atoms with Crippen molar-refractivity contribution in [1.29, 1.82) is 0 Å². The van der Waals surface area contributed by atoms with Crippen LogP contribution in [0.15, 0.2) is 20.1 Å². The first-order valence-corrected chi connectivity index (χ1v) is 10.6. The van der Waals surface area contributed by atoms with E-state index in [1.54, 1.807) is 12.1 Å². The van der Waals surface area contributed by atoms with E-state index in [4.69, 9.17) is 0 Å². The first-order valence-electron chi connectivity index (χ1n) is 6.44. The molecule has 1 N–H and O–H groups in total. The Morgan fingerprint density at radius 3 is 2.68 bits per heavy atom. The summed E-state index contributed by atoms with van der Waals surface area (Å²) in [7, 11) is -3.32. The maximum Gasteiger partial charge on any atom is 0.250 e. The summed E-state index contributed by atoms with van der Waals surface area (Å²) in [6.45, 7) is 0.513. The van der Waals surface area contributed by atoms with Gasteiger partial charge in [0.05, 0.1) is 3.79 Å². The minimum atomic E-state index is -3.32. The number of nitrogens with one attached hydrogen (secondary N) is 1. The van der Waals surface area contributed by atoms with Gasteiger partial charge in [0.15, 0.2) is 0 Å². The zero-order valence-electron chi connectivity index (χ0n) is 10.6. The van der Waals surface area contributed by atoms with Crippen LogP contribution in [0.3, 0.4) is 0 Å². The molecule has 0 radical (unpaired) electrons. The molecule has 108 valence electrons. The molecule has 1 aromatic rings. The van der Waals surface area contributed by atoms with Crippen LogP contribution in [0, 0.1) is 0 Å². The molecule has 7 heteroatoms. The van der Waals surface area contributed by atoms with Crippen molar-refractivity contribution in [2.45, 2.75) is 41.6 Å². The van der Waals surface area contributed by atoms with Crippen molar-refractivity contribution in [3.63, 3.8) is 0 Å². The largest absolute Gasteiger partial charge is 0.250 e. The summed E-state index contributed by atoms with van der Waals surface area (Å²) >= 11 is 6.43. The molecule has 0 aromatic carbocycles. The highest BCUT2D eigenvalue weighted by Crippen LogP contribution is 2.28. The van der Waals surface area contributed by atoms with E-state index in [0.717, 1.165) is 14.8 Å². The number of thioether (sulfide) groups is 1. The van der Waals surface area contributed by atoms with Gasteiger partial charge in [0.2, 0.25) is 10.0 Å². The van der Waals surface area contributed by atoms with Crippen LogP contribution < -0.4 is 4.72 Å². The topological polar surface area (TPSA) is 46.2 Å². The average Bonchev–Trinajstić information content (AvgIpc) is 2.84. The highest BCUT2D eigenvalue weighted by atomic mass is 79.9. The molecule has 1 heterocycles. The van der Waals surface area contributed by atoms with Crippen LogP contribution in [0.4, 0.5) is 0 Å². The predicted molar refractivity (Wildman–Crippen MR) is 86.5 cm³/mol. The van der Waals surface area contributed by atoms with E-state index < -0.39 is 10.0 Å². The van der Waals surface area contributed by atoms with Crippen molar-refractivity contribution >= 4 is 49.1 Å². The van der Waals surface area contributed by atoms with Crippen LogP contribution in [0.2, 0.25) is 0 Å². The summed E-state index contributed by atoms with van der Waals surface area (Å²) in [5, 5.41) is 0.731. The maximum absolute atomic E-state index is 12.0. The summed E-state index contributed by atoms with van der Waals surface area (Å²) in [6.07, 6.45) is 6.58. The predicted octanol–water partition coefficient (Wildman–Crippen LogP) is 3.85. The molecule has 3 nitrogen and oxygen atoms in total. The van der Waals surface area contributed by atoms with E-state index in [0.29, 0.717) is 10.8 Å². The normalized spacial score (nSPS) is 17.7. The van der Waals surface area contributed by atoms with Crippen LogP contribution in [0.1, 0.15) is 32.1 Å². The maximum atomic E-state index is 12.0. The number of rotatable bonds is 6. The summed E-state index contributed by atoms with van der Waals surface area (Å²) in [6, 6.07) is 3.39. The zero-order chi connectivity index (χ0) is 13.7. The molecule has 0 bridgehead atoms. The lowest BCUT2D eigenvalue weighted by molar-refractivity contribution is 0.516. The molecule has 0 unspecified atom stereocenters. The first-order chi connectivity index (χ1) is 9.08. The highest BCUT2D eigenvalue weighted by molar-refractivity contribution is 9.11. The monoisotopic (exact) mass is 383 g/mol. The fraction of sp³-hybridized carbons (Fsp3) is 0.667. The van der Waals surface area contributed by atoms with Gasteiger partial charge in [-0.3, -0.25) is 0 Å². The molecule has 1 saturated carbocycles. The van der Waals surface area contributed by atoms with Gasteiger partial charge in [0, 0.05) is 17.5 Å². The Bertz CT molecular complexity index is 495. The number of thiophene rings is 1. The van der Waals surface area contributed by atoms with E-state index in [2.05, 4.69) is 20.7 Å². The minimum Gasteiger partial charge on any atom is -0.210 e. The van der Waals surface area contributed by atoms with Gasteiger partial charge in [-0.15, -0.1) is 11.3 Å². The van der Waals surface area contributed by atoms with Crippen molar-refractivity contribution < 1.29 is 8.42 Å². The quantitative estimate of drug-likeness (QED) is 0.758. The fourth-order valence-electron chi connectivity index (χ4n) is 2.15. The third-order valence-electron chi connectivity index (χ3n) is 3.11. The Hall–Kier alpha value is 0.440. The number of hydrogen-bond acceptors (Lipinski definition) is 4. The molecule has 0 aliphatic heterocycles. The SMILES string of the molecule is O=S(=O)(NCCSC1CCCCC1)c1ccc(Br)s1. The van der Waals surface area contributed by atoms with E-state index in [9.17, 15) is 8.42 Å². The third kappa shape index (κ3) is 5.04. The molecular formula is C12H18BrNO2S3. The van der Waals surface area contributed by atoms with Crippen LogP contribution in [0.5, 0.6) is 0 Å². The summed E-state index contributed by atoms with van der Waals surface area (Å²) in [5.41, 5.74) is 0. The lowest BCUT2D eigenvalue weighted by Crippen LogP contribution is -2.26. The molecule has 0 spiro atoms. The van der Waals surface area contributed by atoms with Crippen molar-refractivity contribution in [3.8, 4) is 0 Å². The van der Waals surface area contributed by atoms with Gasteiger partial charge in [0.25, 0.3) is 0 Å². The second kappa shape index (κ2) is 7.45. The lowest BCUT2D eigenvalue weighted by atomic mass is 10.0. The number of halogens is 1. The van der Waals surface area contributed by atoms with Gasteiger partial charge in [-0.25, -0.2) is 13.1 Å². The average molecular weight is 384 g/mol. The number of hydrogen-bond donors (Lipinski definition) is 1. The molecule has 1 aliphatic carbocycles. The summed E-state index contributed by atoms with van der Waals surface area (Å²) in [4.78, 5) is 0. The number of sulfonamides is 1. The molecule has 0 atom stereocenters. The van der Waals surface area contributed by atoms with Crippen molar-refractivity contribution in [2.24, 2.45) is 0 Å². The molecular weight excluding hydrogens is 366 g/mol. The Balaban J connectivity index is 1.72. The van der Waals surface area contributed by atoms with Gasteiger partial charge in [-0.1, -0.05) is 19.3 Å². The molecule has 1 aliphatic rings. The van der Waals surface area contributed by atoms with Gasteiger partial charge in [-0.05, 0) is 40.9 Å². The van der Waals surface area contributed by atoms with Crippen molar-refractivity contribution in [2.75, 3.05) is 12.3 Å². The van der Waals surface area contributed by atoms with Crippen molar-refractivity contribution in [1.82, 2.24) is 4.72 Å². The Morgan fingerprint density at radius 1 is 1.32 bits per heavy atom. The van der Waals surface area contributed by atoms with E-state index in [-0.39, 0.29) is 0 Å². The fourth-order valence-corrected chi connectivity index (χ4v) is 6.58. The third-order valence-corrected chi connectivity index (χ3v) is 8.07. The van der Waals surface area contributed by atoms with Gasteiger partial charge in [-0.2, -0.15) is 11.8 Å². The second-order valence-electron chi connectivity index (χ2n) is 4.59. The molecule has 0 amide bonds. The highest BCUT2D eigenvalue weighted by Gasteiger charge is 2.17. The van der Waals surface area contributed by atoms with E-state index in [1.807, 2.05) is 11.8 Å². The Kier molecular flexibility index (Phi) is 6.20. The first kappa shape index (κ1) is 15.8. The molecule has 2 rings (SSSR count). The Morgan fingerprint density at radius 2 is 2.05 bits per heavy atom. The van der Waals surface area contributed by atoms with E-state index in [1.165, 1.54) is 43.4 Å². The zero-order valence-corrected chi connectivity index (χ0v) is 14.6. The summed E-state index contributed by atoms with van der Waals surface area (Å²) < 4.78 is 27.8. The van der Waals surface area contributed by atoms with Crippen LogP contribution in [-0.4, -0.2) is 26.0 Å². The minimum absolute atomic E-state index is 0.377. The van der Waals surface area contributed by atoms with Gasteiger partial charge in [0.1, 0.15) is 4.21 Å². The molecule has 0 saturated heterocycles. The molecule has 1 aromatic heterocycles. The lowest BCUT2D eigenvalue weighted by Gasteiger charge is -2.20. The van der Waals surface area contributed by atoms with Crippen molar-refractivity contribution in [3.05, 3.63) is 15.9 Å². The standard InChI is InChI=1S/C12H18BrNO2S3/c13-11-6-7-12(18-11)19(15,16)14-8-9-17-10-4-2-1-3-5-10/h6-7,10,14H,1-5,8-9H2. The summed E-state index contributed by atoms with van der Waals surface area (Å²) in [5.74, 6) is 0.858. The van der Waals surface area contributed by atoms with Crippen LogP contribution in [-0.2, 0) is 10.0 Å². The smallest absolute Gasteiger partial charge is 0.210 e. The molecule has 1 fully saturated rings. The molecule has 19 heavy (non-hydrogen) atoms. The van der Waals surface area contributed by atoms with Gasteiger partial charge < -0.3 is 0 Å². The van der Waals surface area contributed by atoms with Gasteiger partial charge >= 0.3 is 0 Å². The van der Waals surface area contributed by atoms with E-state index >= 15 is 0 Å². The Labute approximate surface area is 131 Å².